The van der Waals surface area contributed by atoms with Crippen LogP contribution in [0.1, 0.15) is 27.7 Å². The zero-order valence-electron chi connectivity index (χ0n) is 16.1. The lowest BCUT2D eigenvalue weighted by molar-refractivity contribution is -0.229. The van der Waals surface area contributed by atoms with Crippen molar-refractivity contribution in [2.24, 2.45) is 0 Å². The van der Waals surface area contributed by atoms with Crippen molar-refractivity contribution < 1.29 is 33.2 Å². The van der Waals surface area contributed by atoms with Crippen LogP contribution in [0.4, 0.5) is 5.69 Å². The largest absolute Gasteiger partial charge is 0.497 e. The molecule has 3 heterocycles. The molecular weight excluding hydrogens is 354 g/mol. The first-order valence-corrected chi connectivity index (χ1v) is 8.99. The second kappa shape index (κ2) is 6.42. The van der Waals surface area contributed by atoms with Crippen molar-refractivity contribution in [3.63, 3.8) is 0 Å². The number of anilines is 1. The molecule has 3 fully saturated rings. The summed E-state index contributed by atoms with van der Waals surface area (Å²) < 4.78 is 34.8. The number of fused-ring (bicyclic) bond motifs is 3. The number of hydrogen-bond donors (Lipinski definition) is 1. The second-order valence-corrected chi connectivity index (χ2v) is 7.81. The molecule has 1 aromatic carbocycles. The van der Waals surface area contributed by atoms with Gasteiger partial charge in [-0.2, -0.15) is 0 Å². The first kappa shape index (κ1) is 18.6. The number of benzene rings is 1. The molecule has 27 heavy (non-hydrogen) atoms. The second-order valence-electron chi connectivity index (χ2n) is 7.81. The summed E-state index contributed by atoms with van der Waals surface area (Å²) in [4.78, 5) is 12.9. The van der Waals surface area contributed by atoms with E-state index in [-0.39, 0.29) is 5.91 Å². The number of ether oxygens (including phenoxy) is 6. The van der Waals surface area contributed by atoms with Gasteiger partial charge in [-0.25, -0.2) is 0 Å². The third-order valence-corrected chi connectivity index (χ3v) is 4.77. The van der Waals surface area contributed by atoms with Gasteiger partial charge in [0.15, 0.2) is 24.0 Å². The Morgan fingerprint density at radius 2 is 1.52 bits per heavy atom. The zero-order chi connectivity index (χ0) is 19.4. The Balaban J connectivity index is 1.55. The Bertz CT molecular complexity index is 717. The first-order chi connectivity index (χ1) is 12.7. The molecule has 8 heteroatoms. The molecule has 4 rings (SSSR count). The first-order valence-electron chi connectivity index (χ1n) is 8.99. The Labute approximate surface area is 158 Å². The lowest BCUT2D eigenvalue weighted by Gasteiger charge is -2.36. The summed E-state index contributed by atoms with van der Waals surface area (Å²) in [6, 6.07) is 7.05. The summed E-state index contributed by atoms with van der Waals surface area (Å²) >= 11 is 0. The molecule has 0 aliphatic carbocycles. The van der Waals surface area contributed by atoms with E-state index in [4.69, 9.17) is 28.4 Å². The number of rotatable bonds is 3. The molecule has 0 saturated carbocycles. The van der Waals surface area contributed by atoms with Crippen LogP contribution in [0.25, 0.3) is 0 Å². The molecule has 0 unspecified atom stereocenters. The van der Waals surface area contributed by atoms with Crippen LogP contribution in [-0.4, -0.2) is 55.3 Å². The fourth-order valence-corrected chi connectivity index (χ4v) is 3.71. The zero-order valence-corrected chi connectivity index (χ0v) is 16.1. The Kier molecular flexibility index (Phi) is 4.44. The maximum Gasteiger partial charge on any atom is 0.256 e. The maximum atomic E-state index is 12.9. The van der Waals surface area contributed by atoms with E-state index in [0.29, 0.717) is 11.4 Å². The van der Waals surface area contributed by atoms with Gasteiger partial charge in [-0.3, -0.25) is 4.79 Å². The van der Waals surface area contributed by atoms with E-state index >= 15 is 0 Å². The van der Waals surface area contributed by atoms with Crippen molar-refractivity contribution in [3.05, 3.63) is 24.3 Å². The lowest BCUT2D eigenvalue weighted by atomic mass is 9.98. The standard InChI is InChI=1S/C19H25NO7/c1-18(2)24-12-13(25-18)15-17(27-19(3,4)26-15)23-14(12)16(21)20-10-6-8-11(22-5)9-7-10/h6-9,12-15,17H,1-5H3,(H,20,21)/t12-,13-,14-,15-,17+/m1/s1. The predicted molar refractivity (Wildman–Crippen MR) is 94.1 cm³/mol. The number of carbonyl (C=O) groups excluding carboxylic acids is 1. The Morgan fingerprint density at radius 1 is 0.926 bits per heavy atom. The minimum Gasteiger partial charge on any atom is -0.497 e. The molecule has 148 valence electrons. The van der Waals surface area contributed by atoms with Crippen molar-refractivity contribution in [1.29, 1.82) is 0 Å². The van der Waals surface area contributed by atoms with Gasteiger partial charge < -0.3 is 33.7 Å². The van der Waals surface area contributed by atoms with Gasteiger partial charge in [-0.1, -0.05) is 0 Å². The van der Waals surface area contributed by atoms with Crippen LogP contribution < -0.4 is 10.1 Å². The van der Waals surface area contributed by atoms with Gasteiger partial charge in [0.2, 0.25) is 0 Å². The van der Waals surface area contributed by atoms with Crippen molar-refractivity contribution in [2.75, 3.05) is 12.4 Å². The fourth-order valence-electron chi connectivity index (χ4n) is 3.71. The molecule has 8 nitrogen and oxygen atoms in total. The van der Waals surface area contributed by atoms with Crippen molar-refractivity contribution in [1.82, 2.24) is 0 Å². The van der Waals surface area contributed by atoms with Crippen LogP contribution >= 0.6 is 0 Å². The monoisotopic (exact) mass is 379 g/mol. The number of hydrogen-bond acceptors (Lipinski definition) is 7. The van der Waals surface area contributed by atoms with Gasteiger partial charge in [0.1, 0.15) is 24.1 Å². The molecule has 1 aromatic rings. The molecule has 0 spiro atoms. The summed E-state index contributed by atoms with van der Waals surface area (Å²) in [5, 5.41) is 2.85. The van der Waals surface area contributed by atoms with Gasteiger partial charge in [-0.05, 0) is 52.0 Å². The van der Waals surface area contributed by atoms with Crippen LogP contribution in [0, 0.1) is 0 Å². The van der Waals surface area contributed by atoms with Crippen molar-refractivity contribution in [3.8, 4) is 5.75 Å². The average Bonchev–Trinajstić information content (AvgIpc) is 3.08. The van der Waals surface area contributed by atoms with E-state index in [1.165, 1.54) is 0 Å². The Hall–Kier alpha value is -1.71. The summed E-state index contributed by atoms with van der Waals surface area (Å²) in [6.45, 7) is 7.22. The highest BCUT2D eigenvalue weighted by molar-refractivity contribution is 5.94. The molecular formula is C19H25NO7. The average molecular weight is 379 g/mol. The normalized spacial score (nSPS) is 36.0. The summed E-state index contributed by atoms with van der Waals surface area (Å²) in [7, 11) is 1.59. The van der Waals surface area contributed by atoms with E-state index in [2.05, 4.69) is 5.32 Å². The van der Waals surface area contributed by atoms with E-state index in [1.807, 2.05) is 0 Å². The third-order valence-electron chi connectivity index (χ3n) is 4.77. The third kappa shape index (κ3) is 3.55. The topological polar surface area (TPSA) is 84.5 Å². The van der Waals surface area contributed by atoms with Crippen molar-refractivity contribution in [2.45, 2.75) is 70.0 Å². The number of carbonyl (C=O) groups is 1. The summed E-state index contributed by atoms with van der Waals surface area (Å²) in [5.74, 6) is -1.29. The van der Waals surface area contributed by atoms with E-state index < -0.39 is 42.3 Å². The van der Waals surface area contributed by atoms with Crippen LogP contribution in [0.5, 0.6) is 5.75 Å². The van der Waals surface area contributed by atoms with Gasteiger partial charge in [0.25, 0.3) is 5.91 Å². The molecule has 0 bridgehead atoms. The van der Waals surface area contributed by atoms with E-state index in [0.717, 1.165) is 0 Å². The van der Waals surface area contributed by atoms with Gasteiger partial charge in [-0.15, -0.1) is 0 Å². The highest BCUT2D eigenvalue weighted by Gasteiger charge is 2.62. The molecule has 0 aromatic heterocycles. The minimum absolute atomic E-state index is 0.330. The Morgan fingerprint density at radius 3 is 2.19 bits per heavy atom. The molecule has 5 atom stereocenters. The maximum absolute atomic E-state index is 12.9. The van der Waals surface area contributed by atoms with Gasteiger partial charge in [0.05, 0.1) is 7.11 Å². The summed E-state index contributed by atoms with van der Waals surface area (Å²) in [5.41, 5.74) is 0.630. The molecule has 3 saturated heterocycles. The molecule has 1 N–H and O–H groups in total. The van der Waals surface area contributed by atoms with E-state index in [9.17, 15) is 4.79 Å². The minimum atomic E-state index is -0.891. The number of amides is 1. The van der Waals surface area contributed by atoms with Crippen LogP contribution in [-0.2, 0) is 28.5 Å². The molecule has 3 aliphatic heterocycles. The van der Waals surface area contributed by atoms with E-state index in [1.54, 1.807) is 59.1 Å². The molecule has 3 aliphatic rings. The number of nitrogens with one attached hydrogen (secondary N) is 1. The van der Waals surface area contributed by atoms with Crippen LogP contribution in [0.15, 0.2) is 24.3 Å². The summed E-state index contributed by atoms with van der Waals surface area (Å²) in [6.07, 6.45) is -3.12. The smallest absolute Gasteiger partial charge is 0.256 e. The fraction of sp³-hybridized carbons (Fsp3) is 0.632. The number of methoxy groups -OCH3 is 1. The van der Waals surface area contributed by atoms with Gasteiger partial charge in [0, 0.05) is 5.69 Å². The van der Waals surface area contributed by atoms with Crippen LogP contribution in [0.3, 0.4) is 0 Å². The molecule has 0 radical (unpaired) electrons. The molecule has 1 amide bonds. The van der Waals surface area contributed by atoms with Gasteiger partial charge >= 0.3 is 0 Å². The predicted octanol–water partition coefficient (Wildman–Crippen LogP) is 2.03. The van der Waals surface area contributed by atoms with Crippen molar-refractivity contribution >= 4 is 11.6 Å². The highest BCUT2D eigenvalue weighted by atomic mass is 16.9. The SMILES string of the molecule is COc1ccc(NC(=O)[C@@H]2O[C@H]3OC(C)(C)O[C@@H]3[C@@H]3OC(C)(C)O[C@H]32)cc1. The lowest BCUT2D eigenvalue weighted by Crippen LogP contribution is -2.58. The van der Waals surface area contributed by atoms with Crippen LogP contribution in [0.2, 0.25) is 0 Å². The highest BCUT2D eigenvalue weighted by Crippen LogP contribution is 2.44. The quantitative estimate of drug-likeness (QED) is 0.860.